The monoisotopic (exact) mass is 211 g/mol. The van der Waals surface area contributed by atoms with Crippen LogP contribution >= 0.6 is 0 Å². The molecule has 1 N–H and O–H groups in total. The molecule has 1 atom stereocenters. The van der Waals surface area contributed by atoms with Gasteiger partial charge in [0, 0.05) is 6.54 Å². The van der Waals surface area contributed by atoms with E-state index in [9.17, 15) is 4.79 Å². The molecular formula is C11H21N3O. The lowest BCUT2D eigenvalue weighted by Crippen LogP contribution is -2.38. The van der Waals surface area contributed by atoms with E-state index in [1.165, 1.54) is 25.9 Å². The summed E-state index contributed by atoms with van der Waals surface area (Å²) in [7, 11) is 2.17. The molecule has 2 fully saturated rings. The summed E-state index contributed by atoms with van der Waals surface area (Å²) in [4.78, 5) is 16.0. The van der Waals surface area contributed by atoms with E-state index in [1.54, 1.807) is 0 Å². The van der Waals surface area contributed by atoms with Crippen molar-refractivity contribution in [3.63, 3.8) is 0 Å². The fourth-order valence-corrected chi connectivity index (χ4v) is 2.40. The van der Waals surface area contributed by atoms with Crippen LogP contribution < -0.4 is 5.32 Å². The highest BCUT2D eigenvalue weighted by Crippen LogP contribution is 2.18. The molecule has 2 aliphatic heterocycles. The Morgan fingerprint density at radius 2 is 2.07 bits per heavy atom. The molecule has 0 aromatic rings. The molecule has 1 amide bonds. The van der Waals surface area contributed by atoms with E-state index in [0.717, 1.165) is 13.2 Å². The Kier molecular flexibility index (Phi) is 3.26. The number of hydrogen-bond donors (Lipinski definition) is 1. The zero-order valence-electron chi connectivity index (χ0n) is 9.70. The van der Waals surface area contributed by atoms with Gasteiger partial charge in [0.15, 0.2) is 0 Å². The van der Waals surface area contributed by atoms with Gasteiger partial charge in [-0.05, 0) is 45.8 Å². The minimum Gasteiger partial charge on any atom is -0.328 e. The van der Waals surface area contributed by atoms with Gasteiger partial charge in [-0.3, -0.25) is 10.1 Å². The predicted molar refractivity (Wildman–Crippen MR) is 59.4 cm³/mol. The van der Waals surface area contributed by atoms with E-state index >= 15 is 0 Å². The molecule has 0 spiro atoms. The van der Waals surface area contributed by atoms with Crippen molar-refractivity contribution in [3.05, 3.63) is 0 Å². The molecule has 2 saturated heterocycles. The Morgan fingerprint density at radius 3 is 2.60 bits per heavy atom. The predicted octanol–water partition coefficient (Wildman–Crippen LogP) is 0.106. The van der Waals surface area contributed by atoms with E-state index in [1.807, 2.05) is 11.8 Å². The van der Waals surface area contributed by atoms with Crippen LogP contribution in [0.2, 0.25) is 0 Å². The number of carbonyl (C=O) groups excluding carboxylic acids is 1. The Balaban J connectivity index is 1.80. The van der Waals surface area contributed by atoms with Gasteiger partial charge in [0.2, 0.25) is 5.91 Å². The highest BCUT2D eigenvalue weighted by Gasteiger charge is 2.29. The quantitative estimate of drug-likeness (QED) is 0.704. The summed E-state index contributed by atoms with van der Waals surface area (Å²) in [6.45, 7) is 5.98. The second kappa shape index (κ2) is 4.49. The highest BCUT2D eigenvalue weighted by molar-refractivity contribution is 5.83. The van der Waals surface area contributed by atoms with Crippen molar-refractivity contribution in [1.82, 2.24) is 15.1 Å². The van der Waals surface area contributed by atoms with Crippen LogP contribution in [0.3, 0.4) is 0 Å². The van der Waals surface area contributed by atoms with Crippen LogP contribution in [0, 0.1) is 5.92 Å². The first kappa shape index (κ1) is 10.9. The Hall–Kier alpha value is -0.610. The van der Waals surface area contributed by atoms with Crippen LogP contribution in [0.1, 0.15) is 19.8 Å². The van der Waals surface area contributed by atoms with E-state index < -0.39 is 0 Å². The summed E-state index contributed by atoms with van der Waals surface area (Å²) in [5.74, 6) is 0.978. The molecule has 2 heterocycles. The van der Waals surface area contributed by atoms with Gasteiger partial charge < -0.3 is 9.80 Å². The molecular weight excluding hydrogens is 190 g/mol. The maximum Gasteiger partial charge on any atom is 0.240 e. The zero-order valence-corrected chi connectivity index (χ0v) is 9.70. The van der Waals surface area contributed by atoms with E-state index in [-0.39, 0.29) is 11.9 Å². The normalized spacial score (nSPS) is 30.1. The molecule has 4 heteroatoms. The van der Waals surface area contributed by atoms with Crippen LogP contribution in [0.15, 0.2) is 0 Å². The molecule has 0 radical (unpaired) electrons. The molecule has 0 aromatic heterocycles. The molecule has 86 valence electrons. The smallest absolute Gasteiger partial charge is 0.240 e. The number of likely N-dealkylation sites (tertiary alicyclic amines) is 1. The molecule has 15 heavy (non-hydrogen) atoms. The molecule has 0 aromatic carbocycles. The standard InChI is InChI=1S/C11H21N3O/c1-9-11(15)14(8-12-9)7-10-3-5-13(2)6-4-10/h9-10,12H,3-8H2,1-2H3. The largest absolute Gasteiger partial charge is 0.328 e. The SMILES string of the molecule is CC1NCN(CC2CCN(C)CC2)C1=O. The van der Waals surface area contributed by atoms with Gasteiger partial charge in [-0.15, -0.1) is 0 Å². The Morgan fingerprint density at radius 1 is 1.40 bits per heavy atom. The van der Waals surface area contributed by atoms with Crippen molar-refractivity contribution in [3.8, 4) is 0 Å². The zero-order chi connectivity index (χ0) is 10.8. The van der Waals surface area contributed by atoms with Gasteiger partial charge in [0.05, 0.1) is 12.7 Å². The summed E-state index contributed by atoms with van der Waals surface area (Å²) in [5, 5.41) is 3.18. The van der Waals surface area contributed by atoms with Crippen LogP contribution in [0.4, 0.5) is 0 Å². The number of rotatable bonds is 2. The first-order valence-corrected chi connectivity index (χ1v) is 5.87. The van der Waals surface area contributed by atoms with Crippen molar-refractivity contribution in [2.45, 2.75) is 25.8 Å². The molecule has 0 saturated carbocycles. The fraction of sp³-hybridized carbons (Fsp3) is 0.909. The molecule has 0 aliphatic carbocycles. The average molecular weight is 211 g/mol. The van der Waals surface area contributed by atoms with Crippen molar-refractivity contribution in [2.75, 3.05) is 33.4 Å². The van der Waals surface area contributed by atoms with Gasteiger partial charge >= 0.3 is 0 Å². The minimum atomic E-state index is 0.0243. The van der Waals surface area contributed by atoms with Crippen LogP contribution in [0.25, 0.3) is 0 Å². The summed E-state index contributed by atoms with van der Waals surface area (Å²) >= 11 is 0. The van der Waals surface area contributed by atoms with Crippen LogP contribution in [-0.2, 0) is 4.79 Å². The number of hydrogen-bond acceptors (Lipinski definition) is 3. The van der Waals surface area contributed by atoms with Crippen molar-refractivity contribution >= 4 is 5.91 Å². The first-order valence-electron chi connectivity index (χ1n) is 5.87. The minimum absolute atomic E-state index is 0.0243. The van der Waals surface area contributed by atoms with Crippen LogP contribution in [-0.4, -0.2) is 55.1 Å². The summed E-state index contributed by atoms with van der Waals surface area (Å²) in [6, 6.07) is 0.0243. The lowest BCUT2D eigenvalue weighted by atomic mass is 9.96. The van der Waals surface area contributed by atoms with E-state index in [0.29, 0.717) is 5.92 Å². The number of nitrogens with one attached hydrogen (secondary N) is 1. The third-order valence-electron chi connectivity index (χ3n) is 3.59. The number of nitrogens with zero attached hydrogens (tertiary/aromatic N) is 2. The molecule has 1 unspecified atom stereocenters. The number of piperidine rings is 1. The maximum atomic E-state index is 11.7. The third kappa shape index (κ3) is 2.49. The summed E-state index contributed by atoms with van der Waals surface area (Å²) in [5.41, 5.74) is 0. The molecule has 4 nitrogen and oxygen atoms in total. The van der Waals surface area contributed by atoms with Crippen molar-refractivity contribution in [2.24, 2.45) is 5.92 Å². The lowest BCUT2D eigenvalue weighted by molar-refractivity contribution is -0.129. The number of amides is 1. The second-order valence-electron chi connectivity index (χ2n) is 4.89. The summed E-state index contributed by atoms with van der Waals surface area (Å²) < 4.78 is 0. The average Bonchev–Trinajstić information content (AvgIpc) is 2.53. The third-order valence-corrected chi connectivity index (χ3v) is 3.59. The molecule has 2 aliphatic rings. The molecule has 0 bridgehead atoms. The topological polar surface area (TPSA) is 35.6 Å². The van der Waals surface area contributed by atoms with Gasteiger partial charge in [0.25, 0.3) is 0 Å². The maximum absolute atomic E-state index is 11.7. The van der Waals surface area contributed by atoms with Gasteiger partial charge in [-0.2, -0.15) is 0 Å². The second-order valence-corrected chi connectivity index (χ2v) is 4.89. The van der Waals surface area contributed by atoms with Crippen molar-refractivity contribution < 1.29 is 4.79 Å². The van der Waals surface area contributed by atoms with Gasteiger partial charge in [0.1, 0.15) is 0 Å². The Labute approximate surface area is 91.6 Å². The summed E-state index contributed by atoms with van der Waals surface area (Å²) in [6.07, 6.45) is 2.46. The molecule has 2 rings (SSSR count). The first-order chi connectivity index (χ1) is 7.16. The van der Waals surface area contributed by atoms with Crippen LogP contribution in [0.5, 0.6) is 0 Å². The number of carbonyl (C=O) groups is 1. The van der Waals surface area contributed by atoms with Gasteiger partial charge in [-0.1, -0.05) is 0 Å². The van der Waals surface area contributed by atoms with Gasteiger partial charge in [-0.25, -0.2) is 0 Å². The Bertz CT molecular complexity index is 236. The van der Waals surface area contributed by atoms with Crippen molar-refractivity contribution in [1.29, 1.82) is 0 Å². The lowest BCUT2D eigenvalue weighted by Gasteiger charge is -2.31. The highest BCUT2D eigenvalue weighted by atomic mass is 16.2. The fourth-order valence-electron chi connectivity index (χ4n) is 2.40. The van der Waals surface area contributed by atoms with E-state index in [4.69, 9.17) is 0 Å². The van der Waals surface area contributed by atoms with E-state index in [2.05, 4.69) is 17.3 Å².